The molecule has 0 saturated heterocycles. The standard InChI is InChI=1S/C11H14FNO5S/c1-18-5-2-6-19(16,17)13-10-4-3-8(11(14)15)7-9(10)12/h3-4,7,13H,2,5-6H2,1H3,(H,14,15). The van der Waals surface area contributed by atoms with Gasteiger partial charge in [-0.05, 0) is 24.6 Å². The van der Waals surface area contributed by atoms with Gasteiger partial charge in [-0.3, -0.25) is 4.72 Å². The molecule has 0 amide bonds. The molecule has 0 aromatic heterocycles. The zero-order valence-electron chi connectivity index (χ0n) is 10.2. The summed E-state index contributed by atoms with van der Waals surface area (Å²) in [5.74, 6) is -2.43. The summed E-state index contributed by atoms with van der Waals surface area (Å²) in [7, 11) is -2.23. The number of aromatic carboxylic acids is 1. The average molecular weight is 291 g/mol. The van der Waals surface area contributed by atoms with Crippen molar-refractivity contribution in [1.29, 1.82) is 0 Å². The molecular weight excluding hydrogens is 277 g/mol. The Hall–Kier alpha value is -1.67. The van der Waals surface area contributed by atoms with Gasteiger partial charge >= 0.3 is 5.97 Å². The second-order valence-corrected chi connectivity index (χ2v) is 5.61. The Kier molecular flexibility index (Phi) is 5.25. The third-order valence-corrected chi connectivity index (χ3v) is 3.60. The minimum Gasteiger partial charge on any atom is -0.478 e. The molecule has 0 aliphatic rings. The molecule has 19 heavy (non-hydrogen) atoms. The molecule has 0 fully saturated rings. The van der Waals surface area contributed by atoms with Crippen LogP contribution in [0.4, 0.5) is 10.1 Å². The van der Waals surface area contributed by atoms with Crippen molar-refractivity contribution in [2.24, 2.45) is 0 Å². The molecular formula is C11H14FNO5S. The normalized spacial score (nSPS) is 11.3. The number of nitrogens with one attached hydrogen (secondary N) is 1. The fourth-order valence-electron chi connectivity index (χ4n) is 1.34. The summed E-state index contributed by atoms with van der Waals surface area (Å²) in [4.78, 5) is 10.6. The van der Waals surface area contributed by atoms with Gasteiger partial charge in [-0.1, -0.05) is 0 Å². The Bertz CT molecular complexity index is 558. The van der Waals surface area contributed by atoms with Gasteiger partial charge in [0.15, 0.2) is 0 Å². The first kappa shape index (κ1) is 15.4. The minimum atomic E-state index is -3.68. The number of anilines is 1. The van der Waals surface area contributed by atoms with E-state index in [1.54, 1.807) is 0 Å². The van der Waals surface area contributed by atoms with Gasteiger partial charge in [-0.25, -0.2) is 17.6 Å². The van der Waals surface area contributed by atoms with Gasteiger partial charge in [-0.15, -0.1) is 0 Å². The summed E-state index contributed by atoms with van der Waals surface area (Å²) >= 11 is 0. The summed E-state index contributed by atoms with van der Waals surface area (Å²) in [6, 6.07) is 2.96. The molecule has 0 heterocycles. The van der Waals surface area contributed by atoms with E-state index in [2.05, 4.69) is 4.72 Å². The number of ether oxygens (including phenoxy) is 1. The minimum absolute atomic E-state index is 0.207. The molecule has 2 N–H and O–H groups in total. The Morgan fingerprint density at radius 3 is 2.68 bits per heavy atom. The van der Waals surface area contributed by atoms with Crippen molar-refractivity contribution in [3.05, 3.63) is 29.6 Å². The molecule has 1 rings (SSSR count). The number of rotatable bonds is 7. The summed E-state index contributed by atoms with van der Waals surface area (Å²) in [6.45, 7) is 0.279. The van der Waals surface area contributed by atoms with E-state index >= 15 is 0 Å². The SMILES string of the molecule is COCCCS(=O)(=O)Nc1ccc(C(=O)O)cc1F. The maximum absolute atomic E-state index is 13.5. The van der Waals surface area contributed by atoms with Crippen molar-refractivity contribution in [1.82, 2.24) is 0 Å². The van der Waals surface area contributed by atoms with Crippen LogP contribution >= 0.6 is 0 Å². The van der Waals surface area contributed by atoms with Crippen LogP contribution in [0.25, 0.3) is 0 Å². The van der Waals surface area contributed by atoms with E-state index in [0.29, 0.717) is 0 Å². The first-order valence-electron chi connectivity index (χ1n) is 5.38. The molecule has 6 nitrogen and oxygen atoms in total. The number of carbonyl (C=O) groups is 1. The summed E-state index contributed by atoms with van der Waals surface area (Å²) < 4.78 is 43.5. The highest BCUT2D eigenvalue weighted by Crippen LogP contribution is 2.17. The predicted molar refractivity (Wildman–Crippen MR) is 67.3 cm³/mol. The molecule has 1 aromatic rings. The average Bonchev–Trinajstić information content (AvgIpc) is 2.31. The van der Waals surface area contributed by atoms with Crippen LogP contribution in [-0.2, 0) is 14.8 Å². The van der Waals surface area contributed by atoms with Gasteiger partial charge in [-0.2, -0.15) is 0 Å². The van der Waals surface area contributed by atoms with E-state index in [1.165, 1.54) is 7.11 Å². The Labute approximate surface area is 110 Å². The topological polar surface area (TPSA) is 92.7 Å². The first-order valence-corrected chi connectivity index (χ1v) is 7.03. The molecule has 0 aliphatic carbocycles. The molecule has 0 bridgehead atoms. The number of benzene rings is 1. The third-order valence-electron chi connectivity index (χ3n) is 2.24. The number of methoxy groups -OCH3 is 1. The lowest BCUT2D eigenvalue weighted by molar-refractivity contribution is 0.0696. The van der Waals surface area contributed by atoms with E-state index in [9.17, 15) is 17.6 Å². The Morgan fingerprint density at radius 2 is 2.16 bits per heavy atom. The van der Waals surface area contributed by atoms with Crippen molar-refractivity contribution in [2.45, 2.75) is 6.42 Å². The molecule has 1 aromatic carbocycles. The van der Waals surface area contributed by atoms with Crippen molar-refractivity contribution in [3.8, 4) is 0 Å². The second-order valence-electron chi connectivity index (χ2n) is 3.77. The fourth-order valence-corrected chi connectivity index (χ4v) is 2.44. The molecule has 0 unspecified atom stereocenters. The van der Waals surface area contributed by atoms with Gasteiger partial charge < -0.3 is 9.84 Å². The lowest BCUT2D eigenvalue weighted by Crippen LogP contribution is -2.18. The van der Waals surface area contributed by atoms with Crippen molar-refractivity contribution in [2.75, 3.05) is 24.2 Å². The van der Waals surface area contributed by atoms with Gasteiger partial charge in [0.1, 0.15) is 5.82 Å². The molecule has 8 heteroatoms. The van der Waals surface area contributed by atoms with Gasteiger partial charge in [0.05, 0.1) is 17.0 Å². The van der Waals surface area contributed by atoms with Crippen LogP contribution in [0.1, 0.15) is 16.8 Å². The molecule has 106 valence electrons. The zero-order chi connectivity index (χ0) is 14.5. The molecule has 0 saturated carbocycles. The van der Waals surface area contributed by atoms with Crippen molar-refractivity contribution < 1.29 is 27.4 Å². The van der Waals surface area contributed by atoms with Crippen LogP contribution < -0.4 is 4.72 Å². The van der Waals surface area contributed by atoms with Gasteiger partial charge in [0.25, 0.3) is 0 Å². The third kappa shape index (κ3) is 4.84. The quantitative estimate of drug-likeness (QED) is 0.739. The number of sulfonamides is 1. The smallest absolute Gasteiger partial charge is 0.335 e. The van der Waals surface area contributed by atoms with E-state index in [-0.39, 0.29) is 30.0 Å². The zero-order valence-corrected chi connectivity index (χ0v) is 11.0. The Morgan fingerprint density at radius 1 is 1.47 bits per heavy atom. The monoisotopic (exact) mass is 291 g/mol. The van der Waals surface area contributed by atoms with Crippen LogP contribution in [0, 0.1) is 5.82 Å². The van der Waals surface area contributed by atoms with E-state index < -0.39 is 21.8 Å². The Balaban J connectivity index is 2.79. The van der Waals surface area contributed by atoms with E-state index in [1.807, 2.05) is 0 Å². The lowest BCUT2D eigenvalue weighted by Gasteiger charge is -2.09. The van der Waals surface area contributed by atoms with Crippen LogP contribution in [0.5, 0.6) is 0 Å². The number of halogens is 1. The summed E-state index contributed by atoms with van der Waals surface area (Å²) in [6.07, 6.45) is 0.278. The van der Waals surface area contributed by atoms with Crippen LogP contribution in [-0.4, -0.2) is 39.0 Å². The van der Waals surface area contributed by atoms with Crippen LogP contribution in [0.2, 0.25) is 0 Å². The summed E-state index contributed by atoms with van der Waals surface area (Å²) in [5, 5.41) is 8.66. The number of carboxylic acid groups (broad SMARTS) is 1. The number of hydrogen-bond donors (Lipinski definition) is 2. The number of carboxylic acids is 1. The van der Waals surface area contributed by atoms with Crippen molar-refractivity contribution in [3.63, 3.8) is 0 Å². The highest BCUT2D eigenvalue weighted by Gasteiger charge is 2.14. The maximum Gasteiger partial charge on any atom is 0.335 e. The van der Waals surface area contributed by atoms with Crippen molar-refractivity contribution >= 4 is 21.7 Å². The number of hydrogen-bond acceptors (Lipinski definition) is 4. The molecule has 0 spiro atoms. The first-order chi connectivity index (χ1) is 8.85. The van der Waals surface area contributed by atoms with Gasteiger partial charge in [0.2, 0.25) is 10.0 Å². The molecule has 0 atom stereocenters. The second kappa shape index (κ2) is 6.48. The maximum atomic E-state index is 13.5. The highest BCUT2D eigenvalue weighted by atomic mass is 32.2. The van der Waals surface area contributed by atoms with Crippen LogP contribution in [0.3, 0.4) is 0 Å². The molecule has 0 aliphatic heterocycles. The highest BCUT2D eigenvalue weighted by molar-refractivity contribution is 7.92. The van der Waals surface area contributed by atoms with E-state index in [0.717, 1.165) is 18.2 Å². The lowest BCUT2D eigenvalue weighted by atomic mass is 10.2. The van der Waals surface area contributed by atoms with Crippen LogP contribution in [0.15, 0.2) is 18.2 Å². The predicted octanol–water partition coefficient (Wildman–Crippen LogP) is 1.30. The molecule has 0 radical (unpaired) electrons. The largest absolute Gasteiger partial charge is 0.478 e. The fraction of sp³-hybridized carbons (Fsp3) is 0.364. The summed E-state index contributed by atoms with van der Waals surface area (Å²) in [5.41, 5.74) is -0.526. The van der Waals surface area contributed by atoms with Gasteiger partial charge in [0, 0.05) is 13.7 Å². The van der Waals surface area contributed by atoms with E-state index in [4.69, 9.17) is 9.84 Å².